The molecule has 6 heteroatoms. The van der Waals surface area contributed by atoms with E-state index in [9.17, 15) is 4.79 Å². The number of rotatable bonds is 4. The van der Waals surface area contributed by atoms with Crippen LogP contribution in [0.2, 0.25) is 0 Å². The zero-order valence-electron chi connectivity index (χ0n) is 14.7. The summed E-state index contributed by atoms with van der Waals surface area (Å²) < 4.78 is 7.79. The molecule has 1 amide bonds. The third kappa shape index (κ3) is 3.06. The lowest BCUT2D eigenvalue weighted by Gasteiger charge is -2.24. The number of aryl methyl sites for hydroxylation is 2. The smallest absolute Gasteiger partial charge is 0.228 e. The summed E-state index contributed by atoms with van der Waals surface area (Å²) in [6.45, 7) is 5.17. The maximum atomic E-state index is 13.0. The summed E-state index contributed by atoms with van der Waals surface area (Å²) in [5, 5.41) is 4.47. The zero-order valence-corrected chi connectivity index (χ0v) is 14.7. The largest absolute Gasteiger partial charge is 0.373 e. The molecule has 0 aliphatic carbocycles. The van der Waals surface area contributed by atoms with Gasteiger partial charge < -0.3 is 9.64 Å². The van der Waals surface area contributed by atoms with E-state index < -0.39 is 0 Å². The number of aromatic nitrogens is 3. The number of carbonyl (C=O) groups is 1. The van der Waals surface area contributed by atoms with Gasteiger partial charge in [-0.3, -0.25) is 14.5 Å². The Kier molecular flexibility index (Phi) is 4.66. The van der Waals surface area contributed by atoms with Crippen molar-refractivity contribution in [3.8, 4) is 0 Å². The second-order valence-electron chi connectivity index (χ2n) is 6.45. The molecular weight excluding hydrogens is 304 g/mol. The maximum absolute atomic E-state index is 13.0. The Balaban J connectivity index is 1.78. The molecule has 0 aromatic carbocycles. The monoisotopic (exact) mass is 328 g/mol. The summed E-state index contributed by atoms with van der Waals surface area (Å²) >= 11 is 0. The van der Waals surface area contributed by atoms with Crippen LogP contribution in [-0.2, 0) is 23.1 Å². The number of nitrogens with zero attached hydrogens (tertiary/aromatic N) is 4. The first-order valence-electron chi connectivity index (χ1n) is 8.24. The normalized spacial score (nSPS) is 20.3. The molecule has 2 atom stereocenters. The van der Waals surface area contributed by atoms with Crippen molar-refractivity contribution in [3.05, 3.63) is 47.0 Å². The van der Waals surface area contributed by atoms with Crippen molar-refractivity contribution in [3.63, 3.8) is 0 Å². The minimum Gasteiger partial charge on any atom is -0.373 e. The van der Waals surface area contributed by atoms with E-state index in [4.69, 9.17) is 4.74 Å². The highest BCUT2D eigenvalue weighted by Gasteiger charge is 2.39. The molecule has 0 saturated carbocycles. The van der Waals surface area contributed by atoms with Crippen LogP contribution in [0.5, 0.6) is 0 Å². The van der Waals surface area contributed by atoms with Crippen LogP contribution in [0.1, 0.15) is 35.0 Å². The Morgan fingerprint density at radius 1 is 1.46 bits per heavy atom. The molecule has 6 nitrogen and oxygen atoms in total. The van der Waals surface area contributed by atoms with Crippen molar-refractivity contribution in [2.24, 2.45) is 13.0 Å². The van der Waals surface area contributed by atoms with Crippen LogP contribution in [0.15, 0.2) is 24.5 Å². The highest BCUT2D eigenvalue weighted by molar-refractivity contribution is 5.79. The van der Waals surface area contributed by atoms with Crippen molar-refractivity contribution in [1.29, 1.82) is 0 Å². The predicted octanol–water partition coefficient (Wildman–Crippen LogP) is 2.17. The first-order valence-corrected chi connectivity index (χ1v) is 8.24. The average Bonchev–Trinajstić information content (AvgIpc) is 3.12. The molecule has 0 radical (unpaired) electrons. The zero-order chi connectivity index (χ0) is 17.3. The van der Waals surface area contributed by atoms with E-state index in [0.29, 0.717) is 13.2 Å². The van der Waals surface area contributed by atoms with Crippen LogP contribution in [0.3, 0.4) is 0 Å². The summed E-state index contributed by atoms with van der Waals surface area (Å²) in [4.78, 5) is 18.8. The SMILES string of the molecule is Cc1nn(C)c(C)c1[C@H]1OCC[C@@H]1C(=O)N(C)Cc1cccnc1. The molecule has 24 heavy (non-hydrogen) atoms. The van der Waals surface area contributed by atoms with E-state index in [1.54, 1.807) is 17.3 Å². The Hall–Kier alpha value is -2.21. The minimum absolute atomic E-state index is 0.115. The fraction of sp³-hybridized carbons (Fsp3) is 0.500. The van der Waals surface area contributed by atoms with E-state index >= 15 is 0 Å². The van der Waals surface area contributed by atoms with E-state index in [1.807, 2.05) is 44.8 Å². The number of hydrogen-bond acceptors (Lipinski definition) is 4. The summed E-state index contributed by atoms with van der Waals surface area (Å²) in [6, 6.07) is 3.87. The quantitative estimate of drug-likeness (QED) is 0.863. The molecule has 0 N–H and O–H groups in total. The standard InChI is InChI=1S/C18H24N4O2/c1-12-16(13(2)22(4)20-12)17-15(7-9-24-17)18(23)21(3)11-14-6-5-8-19-10-14/h5-6,8,10,15,17H,7,9,11H2,1-4H3/t15-,17-/m0/s1. The molecule has 1 saturated heterocycles. The van der Waals surface area contributed by atoms with Gasteiger partial charge in [0.1, 0.15) is 0 Å². The lowest BCUT2D eigenvalue weighted by molar-refractivity contribution is -0.136. The predicted molar refractivity (Wildman–Crippen MR) is 90.2 cm³/mol. The molecular formula is C18H24N4O2. The Labute approximate surface area is 142 Å². The Bertz CT molecular complexity index is 726. The van der Waals surface area contributed by atoms with Gasteiger partial charge in [0, 0.05) is 50.9 Å². The number of ether oxygens (including phenoxy) is 1. The maximum Gasteiger partial charge on any atom is 0.228 e. The molecule has 3 heterocycles. The van der Waals surface area contributed by atoms with E-state index in [0.717, 1.165) is 28.9 Å². The van der Waals surface area contributed by atoms with Gasteiger partial charge in [0.25, 0.3) is 0 Å². The lowest BCUT2D eigenvalue weighted by atomic mass is 9.92. The summed E-state index contributed by atoms with van der Waals surface area (Å²) in [5.41, 5.74) is 4.09. The molecule has 0 spiro atoms. The highest BCUT2D eigenvalue weighted by Crippen LogP contribution is 2.38. The number of carbonyl (C=O) groups excluding carboxylic acids is 1. The lowest BCUT2D eigenvalue weighted by Crippen LogP contribution is -2.34. The van der Waals surface area contributed by atoms with Gasteiger partial charge >= 0.3 is 0 Å². The van der Waals surface area contributed by atoms with Crippen LogP contribution in [0.4, 0.5) is 0 Å². The molecule has 2 aromatic heterocycles. The van der Waals surface area contributed by atoms with E-state index in [-0.39, 0.29) is 17.9 Å². The fourth-order valence-corrected chi connectivity index (χ4v) is 3.46. The molecule has 1 fully saturated rings. The van der Waals surface area contributed by atoms with Gasteiger partial charge in [-0.25, -0.2) is 0 Å². The third-order valence-electron chi connectivity index (χ3n) is 4.78. The molecule has 128 valence electrons. The van der Waals surface area contributed by atoms with Crippen LogP contribution in [-0.4, -0.2) is 39.2 Å². The van der Waals surface area contributed by atoms with Crippen LogP contribution in [0, 0.1) is 19.8 Å². The van der Waals surface area contributed by atoms with Gasteiger partial charge in [-0.05, 0) is 31.9 Å². The van der Waals surface area contributed by atoms with Crippen molar-refractivity contribution in [2.75, 3.05) is 13.7 Å². The van der Waals surface area contributed by atoms with Crippen LogP contribution in [0.25, 0.3) is 0 Å². The van der Waals surface area contributed by atoms with Gasteiger partial charge in [0.05, 0.1) is 17.7 Å². The van der Waals surface area contributed by atoms with Crippen LogP contribution < -0.4 is 0 Å². The summed E-state index contributed by atoms with van der Waals surface area (Å²) in [5.74, 6) is -0.0442. The van der Waals surface area contributed by atoms with Gasteiger partial charge in [-0.15, -0.1) is 0 Å². The second-order valence-corrected chi connectivity index (χ2v) is 6.45. The highest BCUT2D eigenvalue weighted by atomic mass is 16.5. The minimum atomic E-state index is -0.206. The number of amides is 1. The average molecular weight is 328 g/mol. The fourth-order valence-electron chi connectivity index (χ4n) is 3.46. The van der Waals surface area contributed by atoms with Gasteiger partial charge in [0.15, 0.2) is 0 Å². The molecule has 3 rings (SSSR count). The van der Waals surface area contributed by atoms with Gasteiger partial charge in [-0.1, -0.05) is 6.07 Å². The first-order chi connectivity index (χ1) is 11.5. The molecule has 1 aliphatic heterocycles. The summed E-state index contributed by atoms with van der Waals surface area (Å²) in [7, 11) is 3.76. The molecule has 0 unspecified atom stereocenters. The van der Waals surface area contributed by atoms with Gasteiger partial charge in [0.2, 0.25) is 5.91 Å². The van der Waals surface area contributed by atoms with Crippen molar-refractivity contribution in [2.45, 2.75) is 32.9 Å². The van der Waals surface area contributed by atoms with Crippen LogP contribution >= 0.6 is 0 Å². The molecule has 0 bridgehead atoms. The van der Waals surface area contributed by atoms with Crippen molar-refractivity contribution in [1.82, 2.24) is 19.7 Å². The Morgan fingerprint density at radius 3 is 2.88 bits per heavy atom. The summed E-state index contributed by atoms with van der Waals surface area (Å²) in [6.07, 6.45) is 4.07. The third-order valence-corrected chi connectivity index (χ3v) is 4.78. The first kappa shape index (κ1) is 16.6. The Morgan fingerprint density at radius 2 is 2.25 bits per heavy atom. The van der Waals surface area contributed by atoms with Crippen molar-refractivity contribution < 1.29 is 9.53 Å². The van der Waals surface area contributed by atoms with Crippen molar-refractivity contribution >= 4 is 5.91 Å². The van der Waals surface area contributed by atoms with E-state index in [2.05, 4.69) is 10.1 Å². The molecule has 2 aromatic rings. The van der Waals surface area contributed by atoms with Gasteiger partial charge in [-0.2, -0.15) is 5.10 Å². The second kappa shape index (κ2) is 6.73. The molecule has 1 aliphatic rings. The number of pyridine rings is 1. The topological polar surface area (TPSA) is 60.3 Å². The number of hydrogen-bond donors (Lipinski definition) is 0. The van der Waals surface area contributed by atoms with E-state index in [1.165, 1.54) is 0 Å².